The van der Waals surface area contributed by atoms with E-state index in [-0.39, 0.29) is 24.0 Å². The molecular weight excluding hydrogens is 415 g/mol. The van der Waals surface area contributed by atoms with Crippen LogP contribution in [0.2, 0.25) is 0 Å². The Morgan fingerprint density at radius 1 is 1.21 bits per heavy atom. The summed E-state index contributed by atoms with van der Waals surface area (Å²) in [6.07, 6.45) is 0. The van der Waals surface area contributed by atoms with Crippen LogP contribution >= 0.6 is 24.0 Å². The smallest absolute Gasteiger partial charge is 0.193 e. The van der Waals surface area contributed by atoms with Gasteiger partial charge in [0.1, 0.15) is 5.75 Å². The molecule has 0 heterocycles. The molecule has 0 fully saturated rings. The molecule has 5 nitrogen and oxygen atoms in total. The van der Waals surface area contributed by atoms with Crippen molar-refractivity contribution >= 4 is 41.3 Å². The number of aryl methyl sites for hydroxylation is 1. The predicted octanol–water partition coefficient (Wildman–Crippen LogP) is 3.61. The molecule has 2 aromatic carbocycles. The average Bonchev–Trinajstić information content (AvgIpc) is 2.53. The Bertz CT molecular complexity index is 701. The van der Waals surface area contributed by atoms with Crippen molar-refractivity contribution in [3.63, 3.8) is 0 Å². The van der Waals surface area contributed by atoms with Gasteiger partial charge in [0, 0.05) is 31.5 Å². The van der Waals surface area contributed by atoms with E-state index in [1.807, 2.05) is 38.4 Å². The minimum atomic E-state index is 0. The van der Waals surface area contributed by atoms with Crippen LogP contribution in [0.25, 0.3) is 0 Å². The molecule has 0 saturated carbocycles. The molecule has 0 bridgehead atoms. The van der Waals surface area contributed by atoms with Gasteiger partial charge >= 0.3 is 0 Å². The Balaban J connectivity index is 0.00000288. The third kappa shape index (κ3) is 5.59. The highest BCUT2D eigenvalue weighted by atomic mass is 127. The maximum Gasteiger partial charge on any atom is 0.193 e. The van der Waals surface area contributed by atoms with Crippen molar-refractivity contribution in [1.82, 2.24) is 0 Å². The molecular formula is C18H25IN4O. The van der Waals surface area contributed by atoms with E-state index < -0.39 is 0 Å². The van der Waals surface area contributed by atoms with E-state index in [0.29, 0.717) is 12.5 Å². The van der Waals surface area contributed by atoms with Crippen molar-refractivity contribution in [3.8, 4) is 5.75 Å². The zero-order chi connectivity index (χ0) is 16.8. The molecule has 2 aromatic rings. The molecule has 3 N–H and O–H groups in total. The summed E-state index contributed by atoms with van der Waals surface area (Å²) in [5.41, 5.74) is 10.4. The fourth-order valence-corrected chi connectivity index (χ4v) is 2.28. The van der Waals surface area contributed by atoms with Gasteiger partial charge in [-0.1, -0.05) is 18.2 Å². The van der Waals surface area contributed by atoms with Crippen LogP contribution in [0.5, 0.6) is 5.75 Å². The Morgan fingerprint density at radius 3 is 2.62 bits per heavy atom. The minimum absolute atomic E-state index is 0. The lowest BCUT2D eigenvalue weighted by Gasteiger charge is -2.17. The minimum Gasteiger partial charge on any atom is -0.497 e. The maximum atomic E-state index is 5.99. The van der Waals surface area contributed by atoms with E-state index in [0.717, 1.165) is 22.7 Å². The normalized spacial score (nSPS) is 10.8. The first-order chi connectivity index (χ1) is 11.0. The van der Waals surface area contributed by atoms with Gasteiger partial charge in [0.2, 0.25) is 0 Å². The van der Waals surface area contributed by atoms with E-state index >= 15 is 0 Å². The Kier molecular flexibility index (Phi) is 7.84. The monoisotopic (exact) mass is 440 g/mol. The lowest BCUT2D eigenvalue weighted by Crippen LogP contribution is -2.22. The largest absolute Gasteiger partial charge is 0.497 e. The number of hydrogen-bond donors (Lipinski definition) is 2. The van der Waals surface area contributed by atoms with E-state index in [1.165, 1.54) is 5.56 Å². The van der Waals surface area contributed by atoms with Crippen molar-refractivity contribution in [1.29, 1.82) is 0 Å². The molecule has 0 aromatic heterocycles. The Morgan fingerprint density at radius 2 is 1.96 bits per heavy atom. The quantitative estimate of drug-likeness (QED) is 0.424. The number of hydrogen-bond acceptors (Lipinski definition) is 3. The number of aliphatic imine (C=N–C) groups is 1. The number of nitrogens with zero attached hydrogens (tertiary/aromatic N) is 2. The zero-order valence-corrected chi connectivity index (χ0v) is 16.9. The van der Waals surface area contributed by atoms with Crippen molar-refractivity contribution < 1.29 is 4.74 Å². The summed E-state index contributed by atoms with van der Waals surface area (Å²) in [5, 5.41) is 3.08. The fourth-order valence-electron chi connectivity index (χ4n) is 2.28. The number of benzene rings is 2. The number of rotatable bonds is 5. The molecule has 6 heteroatoms. The molecule has 0 aliphatic rings. The molecule has 0 spiro atoms. The number of halogens is 1. The van der Waals surface area contributed by atoms with E-state index in [4.69, 9.17) is 10.5 Å². The van der Waals surface area contributed by atoms with E-state index in [9.17, 15) is 0 Å². The second kappa shape index (κ2) is 9.36. The van der Waals surface area contributed by atoms with Crippen molar-refractivity contribution in [2.75, 3.05) is 31.4 Å². The molecule has 0 saturated heterocycles. The number of nitrogens with one attached hydrogen (secondary N) is 1. The van der Waals surface area contributed by atoms with Gasteiger partial charge < -0.3 is 20.7 Å². The van der Waals surface area contributed by atoms with Crippen molar-refractivity contribution in [3.05, 3.63) is 53.6 Å². The lowest BCUT2D eigenvalue weighted by atomic mass is 10.1. The predicted molar refractivity (Wildman–Crippen MR) is 113 cm³/mol. The lowest BCUT2D eigenvalue weighted by molar-refractivity contribution is 0.415. The number of methoxy groups -OCH3 is 1. The first kappa shape index (κ1) is 20.1. The third-order valence-corrected chi connectivity index (χ3v) is 3.48. The molecule has 2 rings (SSSR count). The zero-order valence-electron chi connectivity index (χ0n) is 14.5. The summed E-state index contributed by atoms with van der Waals surface area (Å²) >= 11 is 0. The molecule has 0 aliphatic heterocycles. The second-order valence-corrected chi connectivity index (χ2v) is 5.59. The van der Waals surface area contributed by atoms with Gasteiger partial charge in [-0.2, -0.15) is 0 Å². The molecule has 0 aliphatic carbocycles. The highest BCUT2D eigenvalue weighted by Gasteiger charge is 2.05. The van der Waals surface area contributed by atoms with E-state index in [1.54, 1.807) is 7.11 Å². The number of anilines is 2. The average molecular weight is 440 g/mol. The molecule has 0 amide bonds. The number of ether oxygens (including phenoxy) is 1. The van der Waals surface area contributed by atoms with Crippen LogP contribution in [0.1, 0.15) is 11.1 Å². The van der Waals surface area contributed by atoms with Gasteiger partial charge in [0.15, 0.2) is 5.96 Å². The maximum absolute atomic E-state index is 5.99. The summed E-state index contributed by atoms with van der Waals surface area (Å²) in [6, 6.07) is 13.9. The second-order valence-electron chi connectivity index (χ2n) is 5.59. The van der Waals surface area contributed by atoms with Crippen LogP contribution in [0.4, 0.5) is 11.4 Å². The van der Waals surface area contributed by atoms with Crippen molar-refractivity contribution in [2.24, 2.45) is 10.7 Å². The summed E-state index contributed by atoms with van der Waals surface area (Å²) < 4.78 is 5.19. The summed E-state index contributed by atoms with van der Waals surface area (Å²) in [7, 11) is 5.69. The number of nitrogens with two attached hydrogens (primary N) is 1. The Hall–Kier alpha value is -1.96. The highest BCUT2D eigenvalue weighted by molar-refractivity contribution is 14.0. The molecule has 0 radical (unpaired) electrons. The first-order valence-corrected chi connectivity index (χ1v) is 7.47. The van der Waals surface area contributed by atoms with Crippen LogP contribution < -0.4 is 20.7 Å². The first-order valence-electron chi connectivity index (χ1n) is 7.47. The van der Waals surface area contributed by atoms with Crippen LogP contribution in [0.15, 0.2) is 47.5 Å². The van der Waals surface area contributed by atoms with Gasteiger partial charge in [-0.05, 0) is 36.2 Å². The van der Waals surface area contributed by atoms with Crippen LogP contribution in [-0.4, -0.2) is 27.2 Å². The van der Waals surface area contributed by atoms with Gasteiger partial charge in [0.05, 0.1) is 13.7 Å². The third-order valence-electron chi connectivity index (χ3n) is 3.48. The summed E-state index contributed by atoms with van der Waals surface area (Å²) in [6.45, 7) is 2.61. The fraction of sp³-hybridized carbons (Fsp3) is 0.278. The standard InChI is InChI=1S/C18H24N4O.HI/c1-13-8-9-14(17(10-13)22(2)3)12-20-18(19)21-15-6-5-7-16(11-15)23-4;/h5-11H,12H2,1-4H3,(H3,19,20,21);1H. The molecule has 130 valence electrons. The van der Waals surface area contributed by atoms with Gasteiger partial charge in [-0.15, -0.1) is 24.0 Å². The SMILES string of the molecule is COc1cccc(NC(N)=NCc2ccc(C)cc2N(C)C)c1.I. The van der Waals surface area contributed by atoms with Crippen LogP contribution in [0.3, 0.4) is 0 Å². The van der Waals surface area contributed by atoms with Gasteiger partial charge in [0.25, 0.3) is 0 Å². The van der Waals surface area contributed by atoms with Crippen LogP contribution in [-0.2, 0) is 6.54 Å². The van der Waals surface area contributed by atoms with Crippen LogP contribution in [0, 0.1) is 6.92 Å². The summed E-state index contributed by atoms with van der Waals surface area (Å²) in [4.78, 5) is 6.52. The van der Waals surface area contributed by atoms with E-state index in [2.05, 4.69) is 40.3 Å². The number of guanidine groups is 1. The van der Waals surface area contributed by atoms with Gasteiger partial charge in [-0.25, -0.2) is 4.99 Å². The summed E-state index contributed by atoms with van der Waals surface area (Å²) in [5.74, 6) is 1.15. The Labute approximate surface area is 160 Å². The topological polar surface area (TPSA) is 62.9 Å². The van der Waals surface area contributed by atoms with Crippen molar-refractivity contribution in [2.45, 2.75) is 13.5 Å². The van der Waals surface area contributed by atoms with Gasteiger partial charge in [-0.3, -0.25) is 0 Å². The molecule has 0 unspecified atom stereocenters. The molecule has 0 atom stereocenters. The highest BCUT2D eigenvalue weighted by Crippen LogP contribution is 2.21. The molecule has 24 heavy (non-hydrogen) atoms.